The summed E-state index contributed by atoms with van der Waals surface area (Å²) in [4.78, 5) is 7.07. The zero-order chi connectivity index (χ0) is 16.9. The molecule has 1 N–H and O–H groups in total. The Bertz CT molecular complexity index is 807. The van der Waals surface area contributed by atoms with Crippen LogP contribution in [0.2, 0.25) is 0 Å². The Morgan fingerprint density at radius 3 is 2.16 bits per heavy atom. The van der Waals surface area contributed by atoms with E-state index < -0.39 is 0 Å². The van der Waals surface area contributed by atoms with Crippen molar-refractivity contribution in [3.63, 3.8) is 0 Å². The smallest absolute Gasteiger partial charge is 0.242 e. The molecule has 4 nitrogen and oxygen atoms in total. The predicted octanol–water partition coefficient (Wildman–Crippen LogP) is 0.870. The van der Waals surface area contributed by atoms with E-state index in [1.54, 1.807) is 0 Å². The number of anilines is 3. The molecule has 1 aromatic heterocycles. The van der Waals surface area contributed by atoms with Crippen molar-refractivity contribution in [1.82, 2.24) is 4.98 Å². The van der Waals surface area contributed by atoms with Gasteiger partial charge in [-0.05, 0) is 31.2 Å². The van der Waals surface area contributed by atoms with E-state index in [0.717, 1.165) is 35.4 Å². The maximum Gasteiger partial charge on any atom is 0.242 e. The molecule has 2 aromatic carbocycles. The first-order valence-corrected chi connectivity index (χ1v) is 8.24. The fourth-order valence-corrected chi connectivity index (χ4v) is 2.92. The molecular weight excluding hydrogens is 332 g/mol. The second-order valence-corrected chi connectivity index (χ2v) is 5.55. The molecule has 3 aromatic rings. The van der Waals surface area contributed by atoms with E-state index in [9.17, 15) is 0 Å². The summed E-state index contributed by atoms with van der Waals surface area (Å²) in [7, 11) is 1.94. The van der Waals surface area contributed by atoms with E-state index in [0.29, 0.717) is 0 Å². The molecule has 0 aliphatic rings. The first kappa shape index (κ1) is 18.7. The number of aromatic nitrogens is 2. The zero-order valence-electron chi connectivity index (χ0n) is 14.8. The second-order valence-electron chi connectivity index (χ2n) is 5.55. The summed E-state index contributed by atoms with van der Waals surface area (Å²) in [6.45, 7) is 5.03. The summed E-state index contributed by atoms with van der Waals surface area (Å²) in [6, 6.07) is 22.7. The summed E-state index contributed by atoms with van der Waals surface area (Å²) in [5.41, 5.74) is 2.24. The van der Waals surface area contributed by atoms with Gasteiger partial charge in [0.1, 0.15) is 5.69 Å². The molecule has 5 heteroatoms. The van der Waals surface area contributed by atoms with Crippen molar-refractivity contribution < 1.29 is 17.0 Å². The van der Waals surface area contributed by atoms with Crippen molar-refractivity contribution in [3.8, 4) is 5.69 Å². The quantitative estimate of drug-likeness (QED) is 0.690. The van der Waals surface area contributed by atoms with E-state index in [1.807, 2.05) is 38.2 Å². The molecule has 0 fully saturated rings. The Morgan fingerprint density at radius 1 is 1.00 bits per heavy atom. The molecule has 3 rings (SSSR count). The number of nitrogens with zero attached hydrogens (tertiary/aromatic N) is 3. The van der Waals surface area contributed by atoms with Gasteiger partial charge in [-0.2, -0.15) is 0 Å². The predicted molar refractivity (Wildman–Crippen MR) is 99.2 cm³/mol. The van der Waals surface area contributed by atoms with Crippen LogP contribution in [-0.4, -0.2) is 18.6 Å². The average Bonchev–Trinajstić information content (AvgIpc) is 2.63. The largest absolute Gasteiger partial charge is 1.00 e. The van der Waals surface area contributed by atoms with Crippen LogP contribution in [0.1, 0.15) is 12.7 Å². The average molecular weight is 355 g/mol. The van der Waals surface area contributed by atoms with E-state index in [1.165, 1.54) is 0 Å². The monoisotopic (exact) mass is 354 g/mol. The Labute approximate surface area is 155 Å². The van der Waals surface area contributed by atoms with Crippen LogP contribution in [0.4, 0.5) is 17.3 Å². The van der Waals surface area contributed by atoms with E-state index >= 15 is 0 Å². The highest BCUT2D eigenvalue weighted by Gasteiger charge is 2.20. The fourth-order valence-electron chi connectivity index (χ4n) is 2.92. The second kappa shape index (κ2) is 8.49. The Balaban J connectivity index is 0.00000225. The van der Waals surface area contributed by atoms with E-state index in [4.69, 9.17) is 4.98 Å². The van der Waals surface area contributed by atoms with Crippen LogP contribution in [0.25, 0.3) is 5.69 Å². The van der Waals surface area contributed by atoms with Crippen LogP contribution >= 0.6 is 0 Å². The van der Waals surface area contributed by atoms with Gasteiger partial charge in [0.15, 0.2) is 0 Å². The number of rotatable bonds is 5. The summed E-state index contributed by atoms with van der Waals surface area (Å²) in [5.74, 6) is 2.90. The molecule has 0 bridgehead atoms. The SMILES string of the molecule is CCN(c1ccccc1)c1cc(NC)[n+](-c2ccccc2)c(C)n1.[Cl-]. The molecule has 0 aliphatic heterocycles. The topological polar surface area (TPSA) is 32.0 Å². The molecular formula is C20H23ClN4. The van der Waals surface area contributed by atoms with Crippen LogP contribution in [0, 0.1) is 6.92 Å². The molecule has 1 heterocycles. The first-order valence-electron chi connectivity index (χ1n) is 8.24. The number of hydrogen-bond acceptors (Lipinski definition) is 3. The van der Waals surface area contributed by atoms with Gasteiger partial charge < -0.3 is 22.6 Å². The molecule has 0 aliphatic carbocycles. The molecule has 0 unspecified atom stereocenters. The summed E-state index contributed by atoms with van der Waals surface area (Å²) in [5, 5.41) is 3.30. The van der Waals surface area contributed by atoms with Crippen molar-refractivity contribution in [2.45, 2.75) is 13.8 Å². The lowest BCUT2D eigenvalue weighted by molar-refractivity contribution is -0.591. The molecule has 0 saturated heterocycles. The minimum absolute atomic E-state index is 0. The van der Waals surface area contributed by atoms with Crippen LogP contribution in [0.5, 0.6) is 0 Å². The number of nitrogens with one attached hydrogen (secondary N) is 1. The van der Waals surface area contributed by atoms with Gasteiger partial charge in [0.05, 0.1) is 6.07 Å². The highest BCUT2D eigenvalue weighted by molar-refractivity contribution is 5.61. The molecule has 0 atom stereocenters. The standard InChI is InChI=1S/C20H22N4.ClH/c1-4-23(17-11-7-5-8-12-17)20-15-19(21-3)24(16(2)22-20)18-13-9-6-10-14-18;/h5-15H,4H2,1-3H3;1H. The highest BCUT2D eigenvalue weighted by atomic mass is 35.5. The normalized spacial score (nSPS) is 10.0. The Kier molecular flexibility index (Phi) is 6.37. The number of benzene rings is 2. The van der Waals surface area contributed by atoms with Crippen molar-refractivity contribution in [3.05, 3.63) is 72.6 Å². The van der Waals surface area contributed by atoms with Crippen molar-refractivity contribution in [1.29, 1.82) is 0 Å². The number of halogens is 1. The first-order chi connectivity index (χ1) is 11.7. The maximum atomic E-state index is 4.85. The van der Waals surface area contributed by atoms with E-state index in [2.05, 4.69) is 64.2 Å². The van der Waals surface area contributed by atoms with Gasteiger partial charge >= 0.3 is 0 Å². The molecule has 0 spiro atoms. The molecule has 0 amide bonds. The fraction of sp³-hybridized carbons (Fsp3) is 0.200. The Hall–Kier alpha value is -2.59. The third-order valence-electron chi connectivity index (χ3n) is 4.04. The zero-order valence-corrected chi connectivity index (χ0v) is 15.5. The molecule has 25 heavy (non-hydrogen) atoms. The minimum Gasteiger partial charge on any atom is -1.00 e. The van der Waals surface area contributed by atoms with Gasteiger partial charge in [0.25, 0.3) is 0 Å². The third kappa shape index (κ3) is 3.91. The van der Waals surface area contributed by atoms with Crippen LogP contribution in [0.15, 0.2) is 66.7 Å². The van der Waals surface area contributed by atoms with Gasteiger partial charge in [0.2, 0.25) is 17.5 Å². The van der Waals surface area contributed by atoms with Gasteiger partial charge in [-0.15, -0.1) is 0 Å². The lowest BCUT2D eigenvalue weighted by atomic mass is 10.2. The molecule has 0 saturated carbocycles. The van der Waals surface area contributed by atoms with Crippen molar-refractivity contribution in [2.24, 2.45) is 0 Å². The number of aryl methyl sites for hydroxylation is 1. The molecule has 130 valence electrons. The lowest BCUT2D eigenvalue weighted by Crippen LogP contribution is -3.00. The van der Waals surface area contributed by atoms with Gasteiger partial charge in [-0.1, -0.05) is 41.4 Å². The lowest BCUT2D eigenvalue weighted by Gasteiger charge is -2.21. The maximum absolute atomic E-state index is 4.85. The Morgan fingerprint density at radius 2 is 1.60 bits per heavy atom. The summed E-state index contributed by atoms with van der Waals surface area (Å²) >= 11 is 0. The van der Waals surface area contributed by atoms with Crippen LogP contribution < -0.4 is 27.2 Å². The van der Waals surface area contributed by atoms with Crippen LogP contribution in [0.3, 0.4) is 0 Å². The number of para-hydroxylation sites is 2. The van der Waals surface area contributed by atoms with Crippen molar-refractivity contribution >= 4 is 17.3 Å². The summed E-state index contributed by atoms with van der Waals surface area (Å²) < 4.78 is 2.13. The van der Waals surface area contributed by atoms with Crippen molar-refractivity contribution in [2.75, 3.05) is 23.8 Å². The van der Waals surface area contributed by atoms with Gasteiger partial charge in [0, 0.05) is 26.2 Å². The van der Waals surface area contributed by atoms with Gasteiger partial charge in [-0.25, -0.2) is 4.57 Å². The summed E-state index contributed by atoms with van der Waals surface area (Å²) in [6.07, 6.45) is 0. The minimum atomic E-state index is 0. The van der Waals surface area contributed by atoms with E-state index in [-0.39, 0.29) is 12.4 Å². The van der Waals surface area contributed by atoms with Gasteiger partial charge in [-0.3, -0.25) is 0 Å². The number of hydrogen-bond donors (Lipinski definition) is 1. The third-order valence-corrected chi connectivity index (χ3v) is 4.04. The molecule has 0 radical (unpaired) electrons. The van der Waals surface area contributed by atoms with Crippen LogP contribution in [-0.2, 0) is 0 Å². The highest BCUT2D eigenvalue weighted by Crippen LogP contribution is 2.24.